The summed E-state index contributed by atoms with van der Waals surface area (Å²) < 4.78 is 5.61. The molecule has 0 radical (unpaired) electrons. The highest BCUT2D eigenvalue weighted by Crippen LogP contribution is 2.22. The molecule has 0 N–H and O–H groups in total. The summed E-state index contributed by atoms with van der Waals surface area (Å²) in [5.74, 6) is -0.342. The number of likely N-dealkylation sites (N-methyl/N-ethyl adjacent to an activating group) is 2. The largest absolute Gasteiger partial charge is 0.465 e. The summed E-state index contributed by atoms with van der Waals surface area (Å²) >= 11 is 7.33. The van der Waals surface area contributed by atoms with Gasteiger partial charge in [-0.05, 0) is 25.6 Å². The van der Waals surface area contributed by atoms with Crippen molar-refractivity contribution >= 4 is 34.8 Å². The van der Waals surface area contributed by atoms with E-state index in [1.54, 1.807) is 23.8 Å². The predicted octanol–water partition coefficient (Wildman–Crippen LogP) is 2.24. The van der Waals surface area contributed by atoms with Gasteiger partial charge in [0.25, 0.3) is 0 Å². The quantitative estimate of drug-likeness (QED) is 0.685. The van der Waals surface area contributed by atoms with Crippen LogP contribution in [0.1, 0.15) is 18.7 Å². The number of halogens is 1. The van der Waals surface area contributed by atoms with Gasteiger partial charge in [0.05, 0.1) is 30.6 Å². The van der Waals surface area contributed by atoms with E-state index in [9.17, 15) is 9.59 Å². The van der Waals surface area contributed by atoms with Crippen molar-refractivity contribution < 1.29 is 14.3 Å². The van der Waals surface area contributed by atoms with Gasteiger partial charge in [0.15, 0.2) is 0 Å². The molecule has 0 aliphatic heterocycles. The first-order chi connectivity index (χ1) is 9.96. The van der Waals surface area contributed by atoms with E-state index in [0.29, 0.717) is 24.0 Å². The Morgan fingerprint density at radius 3 is 2.52 bits per heavy atom. The number of hydrogen-bond acceptors (Lipinski definition) is 5. The lowest BCUT2D eigenvalue weighted by Gasteiger charge is -2.23. The van der Waals surface area contributed by atoms with Gasteiger partial charge in [-0.2, -0.15) is 0 Å². The van der Waals surface area contributed by atoms with E-state index in [1.807, 2.05) is 19.1 Å². The molecule has 5 nitrogen and oxygen atoms in total. The van der Waals surface area contributed by atoms with Crippen molar-refractivity contribution in [2.24, 2.45) is 0 Å². The zero-order valence-electron chi connectivity index (χ0n) is 12.6. The van der Waals surface area contributed by atoms with E-state index in [1.165, 1.54) is 11.3 Å². The monoisotopic (exact) mass is 332 g/mol. The number of ether oxygens (including phenoxy) is 1. The van der Waals surface area contributed by atoms with Crippen molar-refractivity contribution in [1.82, 2.24) is 9.80 Å². The molecule has 118 valence electrons. The van der Waals surface area contributed by atoms with E-state index >= 15 is 0 Å². The third kappa shape index (κ3) is 6.46. The van der Waals surface area contributed by atoms with Crippen LogP contribution in [-0.2, 0) is 20.9 Å². The smallest absolute Gasteiger partial charge is 0.320 e. The summed E-state index contributed by atoms with van der Waals surface area (Å²) in [6.07, 6.45) is 0. The molecule has 0 saturated heterocycles. The lowest BCUT2D eigenvalue weighted by molar-refractivity contribution is -0.145. The fraction of sp³-hybridized carbons (Fsp3) is 0.571. The summed E-state index contributed by atoms with van der Waals surface area (Å²) in [4.78, 5) is 28.1. The van der Waals surface area contributed by atoms with Gasteiger partial charge in [0.1, 0.15) is 0 Å². The normalized spacial score (nSPS) is 10.7. The molecule has 0 saturated carbocycles. The van der Waals surface area contributed by atoms with Gasteiger partial charge >= 0.3 is 5.97 Å². The van der Waals surface area contributed by atoms with E-state index in [4.69, 9.17) is 16.3 Å². The minimum atomic E-state index is -0.306. The zero-order valence-corrected chi connectivity index (χ0v) is 14.2. The van der Waals surface area contributed by atoms with E-state index in [0.717, 1.165) is 4.88 Å². The topological polar surface area (TPSA) is 49.9 Å². The van der Waals surface area contributed by atoms with Crippen LogP contribution in [0.3, 0.4) is 0 Å². The molecular formula is C14H21ClN2O3S. The summed E-state index contributed by atoms with van der Waals surface area (Å²) in [5, 5.41) is 0. The Morgan fingerprint density at radius 1 is 1.29 bits per heavy atom. The molecule has 7 heteroatoms. The Kier molecular flexibility index (Phi) is 7.71. The number of esters is 1. The lowest BCUT2D eigenvalue weighted by Crippen LogP contribution is -2.40. The van der Waals surface area contributed by atoms with Crippen LogP contribution in [0.15, 0.2) is 12.1 Å². The summed E-state index contributed by atoms with van der Waals surface area (Å²) in [7, 11) is 1.74. The number of rotatable bonds is 8. The van der Waals surface area contributed by atoms with E-state index < -0.39 is 0 Å². The molecule has 1 aromatic rings. The molecule has 0 spiro atoms. The average Bonchev–Trinajstić information content (AvgIpc) is 2.83. The second-order valence-electron chi connectivity index (χ2n) is 4.56. The average molecular weight is 333 g/mol. The molecule has 0 fully saturated rings. The van der Waals surface area contributed by atoms with E-state index in [-0.39, 0.29) is 25.0 Å². The van der Waals surface area contributed by atoms with Crippen LogP contribution in [-0.4, -0.2) is 55.0 Å². The van der Waals surface area contributed by atoms with Crippen LogP contribution < -0.4 is 0 Å². The Morgan fingerprint density at radius 2 is 2.00 bits per heavy atom. The molecule has 1 aromatic heterocycles. The Hall–Kier alpha value is -1.11. The SMILES string of the molecule is CCOC(=O)CN(CC)CC(=O)N(C)Cc1ccc(Cl)s1. The van der Waals surface area contributed by atoms with Crippen LogP contribution in [0, 0.1) is 0 Å². The van der Waals surface area contributed by atoms with Gasteiger partial charge in [-0.3, -0.25) is 14.5 Å². The summed E-state index contributed by atoms with van der Waals surface area (Å²) in [6, 6.07) is 3.73. The van der Waals surface area contributed by atoms with Gasteiger partial charge in [-0.25, -0.2) is 0 Å². The first kappa shape index (κ1) is 17.9. The van der Waals surface area contributed by atoms with Crippen LogP contribution in [0.5, 0.6) is 0 Å². The van der Waals surface area contributed by atoms with Crippen molar-refractivity contribution in [2.75, 3.05) is 33.3 Å². The zero-order chi connectivity index (χ0) is 15.8. The first-order valence-corrected chi connectivity index (χ1v) is 8.01. The third-order valence-electron chi connectivity index (χ3n) is 2.91. The van der Waals surface area contributed by atoms with Crippen LogP contribution >= 0.6 is 22.9 Å². The Balaban J connectivity index is 2.47. The van der Waals surface area contributed by atoms with E-state index in [2.05, 4.69) is 0 Å². The molecule has 0 aromatic carbocycles. The van der Waals surface area contributed by atoms with Crippen LogP contribution in [0.2, 0.25) is 4.34 Å². The molecule has 1 heterocycles. The fourth-order valence-electron chi connectivity index (χ4n) is 1.74. The fourth-order valence-corrected chi connectivity index (χ4v) is 2.88. The van der Waals surface area contributed by atoms with Crippen molar-refractivity contribution in [3.8, 4) is 0 Å². The lowest BCUT2D eigenvalue weighted by atomic mass is 10.4. The molecule has 0 atom stereocenters. The molecule has 0 aliphatic rings. The number of hydrogen-bond donors (Lipinski definition) is 0. The number of nitrogens with zero attached hydrogens (tertiary/aromatic N) is 2. The molecule has 21 heavy (non-hydrogen) atoms. The molecule has 0 aliphatic carbocycles. The maximum Gasteiger partial charge on any atom is 0.320 e. The minimum Gasteiger partial charge on any atom is -0.465 e. The molecule has 0 unspecified atom stereocenters. The first-order valence-electron chi connectivity index (χ1n) is 6.82. The second-order valence-corrected chi connectivity index (χ2v) is 6.36. The number of thiophene rings is 1. The highest BCUT2D eigenvalue weighted by Gasteiger charge is 2.17. The number of amides is 1. The van der Waals surface area contributed by atoms with Gasteiger partial charge in [0, 0.05) is 11.9 Å². The predicted molar refractivity (Wildman–Crippen MR) is 84.6 cm³/mol. The standard InChI is InChI=1S/C14H21ClN2O3S/c1-4-17(10-14(19)20-5-2)9-13(18)16(3)8-11-6-7-12(15)21-11/h6-7H,4-5,8-10H2,1-3H3. The van der Waals surface area contributed by atoms with Crippen molar-refractivity contribution in [3.63, 3.8) is 0 Å². The summed E-state index contributed by atoms with van der Waals surface area (Å²) in [5.41, 5.74) is 0. The number of carbonyl (C=O) groups excluding carboxylic acids is 2. The molecular weight excluding hydrogens is 312 g/mol. The Bertz CT molecular complexity index is 479. The van der Waals surface area contributed by atoms with Crippen LogP contribution in [0.25, 0.3) is 0 Å². The van der Waals surface area contributed by atoms with Gasteiger partial charge < -0.3 is 9.64 Å². The highest BCUT2D eigenvalue weighted by atomic mass is 35.5. The maximum absolute atomic E-state index is 12.2. The van der Waals surface area contributed by atoms with Crippen molar-refractivity contribution in [1.29, 1.82) is 0 Å². The molecule has 1 amide bonds. The van der Waals surface area contributed by atoms with Crippen molar-refractivity contribution in [3.05, 3.63) is 21.3 Å². The summed E-state index contributed by atoms with van der Waals surface area (Å²) in [6.45, 7) is 5.49. The Labute approximate surface area is 134 Å². The van der Waals surface area contributed by atoms with Gasteiger partial charge in [-0.15, -0.1) is 11.3 Å². The maximum atomic E-state index is 12.2. The number of carbonyl (C=O) groups is 2. The molecule has 1 rings (SSSR count). The van der Waals surface area contributed by atoms with Gasteiger partial charge in [-0.1, -0.05) is 18.5 Å². The molecule has 0 bridgehead atoms. The van der Waals surface area contributed by atoms with Crippen LogP contribution in [0.4, 0.5) is 0 Å². The minimum absolute atomic E-state index is 0.0364. The van der Waals surface area contributed by atoms with Gasteiger partial charge in [0.2, 0.25) is 5.91 Å². The van der Waals surface area contributed by atoms with Crippen molar-refractivity contribution in [2.45, 2.75) is 20.4 Å². The highest BCUT2D eigenvalue weighted by molar-refractivity contribution is 7.16. The third-order valence-corrected chi connectivity index (χ3v) is 4.13. The second kappa shape index (κ2) is 9.02.